The van der Waals surface area contributed by atoms with Gasteiger partial charge in [-0.1, -0.05) is 0 Å². The van der Waals surface area contributed by atoms with Crippen LogP contribution in [0, 0.1) is 26.4 Å². The number of hydrogen-bond acceptors (Lipinski definition) is 5. The summed E-state index contributed by atoms with van der Waals surface area (Å²) in [6, 6.07) is 5.70. The van der Waals surface area contributed by atoms with E-state index in [2.05, 4.69) is 5.18 Å². The van der Waals surface area contributed by atoms with Crippen LogP contribution in [0.2, 0.25) is 0 Å². The third kappa shape index (κ3) is 1.90. The molecule has 0 radical (unpaired) electrons. The molecule has 0 aliphatic carbocycles. The summed E-state index contributed by atoms with van der Waals surface area (Å²) in [6.07, 6.45) is 0. The lowest BCUT2D eigenvalue weighted by molar-refractivity contribution is -0.384. The van der Waals surface area contributed by atoms with Crippen molar-refractivity contribution in [2.24, 2.45) is 5.18 Å². The number of nitrogens with zero attached hydrogens (tertiary/aromatic N) is 3. The highest BCUT2D eigenvalue weighted by Gasteiger charge is 2.11. The van der Waals surface area contributed by atoms with E-state index in [1.807, 2.05) is 0 Å². The molecule has 1 atom stereocenters. The van der Waals surface area contributed by atoms with Gasteiger partial charge in [-0.25, -0.2) is 0 Å². The number of non-ortho nitro benzene ring substituents is 1. The average molecular weight is 191 g/mol. The second-order valence-corrected chi connectivity index (χ2v) is 2.49. The maximum atomic E-state index is 10.3. The minimum Gasteiger partial charge on any atom is -0.258 e. The van der Waals surface area contributed by atoms with Crippen LogP contribution in [0.3, 0.4) is 0 Å². The molecule has 1 aromatic rings. The summed E-state index contributed by atoms with van der Waals surface area (Å²) >= 11 is 0. The van der Waals surface area contributed by atoms with E-state index >= 15 is 0 Å². The maximum Gasteiger partial charge on any atom is 0.269 e. The van der Waals surface area contributed by atoms with Gasteiger partial charge in [0.15, 0.2) is 0 Å². The summed E-state index contributed by atoms with van der Waals surface area (Å²) in [7, 11) is 0. The van der Waals surface area contributed by atoms with E-state index < -0.39 is 11.0 Å². The van der Waals surface area contributed by atoms with Gasteiger partial charge in [0, 0.05) is 12.1 Å². The summed E-state index contributed by atoms with van der Waals surface area (Å²) < 4.78 is 0. The average Bonchev–Trinajstić information content (AvgIpc) is 2.20. The van der Waals surface area contributed by atoms with Gasteiger partial charge < -0.3 is 0 Å². The summed E-state index contributed by atoms with van der Waals surface area (Å²) in [5.74, 6) is 0. The summed E-state index contributed by atoms with van der Waals surface area (Å²) in [4.78, 5) is 19.9. The number of nitro benzene ring substituents is 1. The molecule has 0 bridgehead atoms. The van der Waals surface area contributed by atoms with Crippen LogP contribution in [0.15, 0.2) is 29.4 Å². The van der Waals surface area contributed by atoms with Gasteiger partial charge in [0.25, 0.3) is 5.69 Å². The molecule has 0 spiro atoms. The molecule has 0 aromatic heterocycles. The van der Waals surface area contributed by atoms with E-state index in [9.17, 15) is 15.0 Å². The normalized spacial score (nSPS) is 11.4. The fourth-order valence-corrected chi connectivity index (χ4v) is 0.937. The van der Waals surface area contributed by atoms with Crippen LogP contribution in [0.4, 0.5) is 5.69 Å². The van der Waals surface area contributed by atoms with Crippen LogP contribution < -0.4 is 0 Å². The van der Waals surface area contributed by atoms with Crippen LogP contribution in [0.5, 0.6) is 0 Å². The second-order valence-electron chi connectivity index (χ2n) is 2.49. The Labute approximate surface area is 78.9 Å². The van der Waals surface area contributed by atoms with Gasteiger partial charge in [-0.2, -0.15) is 5.26 Å². The van der Waals surface area contributed by atoms with E-state index in [0.29, 0.717) is 5.56 Å². The van der Waals surface area contributed by atoms with Crippen LogP contribution in [-0.2, 0) is 0 Å². The number of hydrogen-bond donors (Lipinski definition) is 0. The first-order valence-electron chi connectivity index (χ1n) is 3.65. The molecule has 0 saturated heterocycles. The summed E-state index contributed by atoms with van der Waals surface area (Å²) in [5.41, 5.74) is 0.268. The van der Waals surface area contributed by atoms with Gasteiger partial charge >= 0.3 is 0 Å². The Bertz CT molecular complexity index is 393. The van der Waals surface area contributed by atoms with Gasteiger partial charge in [0.05, 0.1) is 11.0 Å². The van der Waals surface area contributed by atoms with E-state index in [4.69, 9.17) is 5.26 Å². The van der Waals surface area contributed by atoms with E-state index in [1.54, 1.807) is 6.07 Å². The standard InChI is InChI=1S/C8H5N3O3/c9-5-8(10-12)6-1-3-7(4-2-6)11(13)14/h1-4,8H. The van der Waals surface area contributed by atoms with Crippen molar-refractivity contribution >= 4 is 5.69 Å². The predicted molar refractivity (Wildman–Crippen MR) is 47.2 cm³/mol. The van der Waals surface area contributed by atoms with Gasteiger partial charge in [0.2, 0.25) is 6.04 Å². The van der Waals surface area contributed by atoms with Crippen molar-refractivity contribution < 1.29 is 4.92 Å². The molecule has 0 N–H and O–H groups in total. The lowest BCUT2D eigenvalue weighted by atomic mass is 10.1. The zero-order valence-electron chi connectivity index (χ0n) is 6.95. The number of rotatable bonds is 3. The van der Waals surface area contributed by atoms with Gasteiger partial charge in [0.1, 0.15) is 0 Å². The SMILES string of the molecule is N#CC(N=O)c1ccc([N+](=O)[O-])cc1. The highest BCUT2D eigenvalue weighted by atomic mass is 16.6. The van der Waals surface area contributed by atoms with Crippen molar-refractivity contribution in [2.45, 2.75) is 6.04 Å². The lowest BCUT2D eigenvalue weighted by Crippen LogP contribution is -1.92. The summed E-state index contributed by atoms with van der Waals surface area (Å²) in [5, 5.41) is 21.3. The van der Waals surface area contributed by atoms with Crippen molar-refractivity contribution in [1.82, 2.24) is 0 Å². The van der Waals surface area contributed by atoms with E-state index in [0.717, 1.165) is 0 Å². The van der Waals surface area contributed by atoms with Gasteiger partial charge in [-0.05, 0) is 22.9 Å². The smallest absolute Gasteiger partial charge is 0.258 e. The predicted octanol–water partition coefficient (Wildman–Crippen LogP) is 1.93. The maximum absolute atomic E-state index is 10.3. The Morgan fingerprint density at radius 3 is 2.36 bits per heavy atom. The first-order chi connectivity index (χ1) is 6.69. The zero-order chi connectivity index (χ0) is 10.6. The Morgan fingerprint density at radius 1 is 1.43 bits per heavy atom. The first-order valence-corrected chi connectivity index (χ1v) is 3.65. The lowest BCUT2D eigenvalue weighted by Gasteiger charge is -1.98. The molecule has 70 valence electrons. The van der Waals surface area contributed by atoms with E-state index in [1.165, 1.54) is 24.3 Å². The molecule has 1 rings (SSSR count). The van der Waals surface area contributed by atoms with Crippen molar-refractivity contribution in [3.05, 3.63) is 44.9 Å². The summed E-state index contributed by atoms with van der Waals surface area (Å²) in [6.45, 7) is 0. The quantitative estimate of drug-likeness (QED) is 0.414. The van der Waals surface area contributed by atoms with Crippen LogP contribution in [-0.4, -0.2) is 4.92 Å². The molecule has 0 heterocycles. The highest BCUT2D eigenvalue weighted by molar-refractivity contribution is 5.35. The Kier molecular flexibility index (Phi) is 2.86. The third-order valence-electron chi connectivity index (χ3n) is 1.65. The van der Waals surface area contributed by atoms with Crippen LogP contribution >= 0.6 is 0 Å². The van der Waals surface area contributed by atoms with Gasteiger partial charge in [-0.15, -0.1) is 4.91 Å². The third-order valence-corrected chi connectivity index (χ3v) is 1.65. The fraction of sp³-hybridized carbons (Fsp3) is 0.125. The molecule has 6 heteroatoms. The zero-order valence-corrected chi connectivity index (χ0v) is 6.95. The minimum absolute atomic E-state index is 0.0867. The molecule has 1 unspecified atom stereocenters. The number of nitroso groups, excluding NO2 is 1. The van der Waals surface area contributed by atoms with Gasteiger partial charge in [-0.3, -0.25) is 10.1 Å². The largest absolute Gasteiger partial charge is 0.269 e. The molecule has 0 fully saturated rings. The number of benzene rings is 1. The Morgan fingerprint density at radius 2 is 2.00 bits per heavy atom. The van der Waals surface area contributed by atoms with E-state index in [-0.39, 0.29) is 5.69 Å². The molecule has 0 saturated carbocycles. The molecule has 1 aromatic carbocycles. The van der Waals surface area contributed by atoms with Crippen molar-refractivity contribution in [3.8, 4) is 6.07 Å². The molecular weight excluding hydrogens is 186 g/mol. The number of nitro groups is 1. The monoisotopic (exact) mass is 191 g/mol. The Hall–Kier alpha value is -2.29. The molecule has 0 amide bonds. The second kappa shape index (κ2) is 4.09. The van der Waals surface area contributed by atoms with Crippen molar-refractivity contribution in [3.63, 3.8) is 0 Å². The molecule has 0 aliphatic heterocycles. The number of nitriles is 1. The Balaban J connectivity index is 2.99. The molecular formula is C8H5N3O3. The fourth-order valence-electron chi connectivity index (χ4n) is 0.937. The van der Waals surface area contributed by atoms with Crippen molar-refractivity contribution in [1.29, 1.82) is 5.26 Å². The molecule has 0 aliphatic rings. The minimum atomic E-state index is -1.10. The van der Waals surface area contributed by atoms with Crippen LogP contribution in [0.25, 0.3) is 0 Å². The topological polar surface area (TPSA) is 96.4 Å². The molecule has 14 heavy (non-hydrogen) atoms. The first kappa shape index (κ1) is 9.80. The van der Waals surface area contributed by atoms with Crippen LogP contribution in [0.1, 0.15) is 11.6 Å². The molecule has 6 nitrogen and oxygen atoms in total. The highest BCUT2D eigenvalue weighted by Crippen LogP contribution is 2.19. The van der Waals surface area contributed by atoms with Crippen molar-refractivity contribution in [2.75, 3.05) is 0 Å².